The van der Waals surface area contributed by atoms with Crippen molar-refractivity contribution in [2.75, 3.05) is 0 Å². The van der Waals surface area contributed by atoms with E-state index in [0.29, 0.717) is 10.6 Å². The van der Waals surface area contributed by atoms with Crippen LogP contribution in [0.25, 0.3) is 6.08 Å². The highest BCUT2D eigenvalue weighted by atomic mass is 35.5. The summed E-state index contributed by atoms with van der Waals surface area (Å²) < 4.78 is 36.7. The largest absolute Gasteiger partial charge is 0.409 e. The molecule has 0 aliphatic carbocycles. The van der Waals surface area contributed by atoms with Gasteiger partial charge in [0.2, 0.25) is 0 Å². The van der Waals surface area contributed by atoms with Crippen molar-refractivity contribution in [1.29, 1.82) is 0 Å². The fourth-order valence-electron chi connectivity index (χ4n) is 1.53. The number of allylic oxidation sites excluding steroid dienone is 1. The van der Waals surface area contributed by atoms with Crippen molar-refractivity contribution in [3.05, 3.63) is 65.2 Å². The third-order valence-corrected chi connectivity index (χ3v) is 3.76. The Kier molecular flexibility index (Phi) is 4.78. The van der Waals surface area contributed by atoms with E-state index in [1.807, 2.05) is 12.1 Å². The predicted molar refractivity (Wildman–Crippen MR) is 77.1 cm³/mol. The summed E-state index contributed by atoms with van der Waals surface area (Å²) in [4.78, 5) is 1.68. The van der Waals surface area contributed by atoms with E-state index in [9.17, 15) is 13.2 Å². The molecule has 0 saturated heterocycles. The van der Waals surface area contributed by atoms with E-state index in [1.165, 1.54) is 11.8 Å². The maximum Gasteiger partial charge on any atom is 0.409 e. The Hall–Kier alpha value is -1.39. The second-order valence-corrected chi connectivity index (χ2v) is 5.52. The van der Waals surface area contributed by atoms with Crippen molar-refractivity contribution in [2.45, 2.75) is 16.0 Å². The van der Waals surface area contributed by atoms with Gasteiger partial charge in [-0.15, -0.1) is 0 Å². The molecule has 5 heteroatoms. The first-order valence-electron chi connectivity index (χ1n) is 5.72. The minimum atomic E-state index is -4.31. The average molecular weight is 315 g/mol. The Morgan fingerprint density at radius 1 is 0.950 bits per heavy atom. The SMILES string of the molecule is FC(F)(F)/C=C/c1ccccc1Sc1ccc(Cl)cc1. The van der Waals surface area contributed by atoms with Gasteiger partial charge in [-0.05, 0) is 42.0 Å². The van der Waals surface area contributed by atoms with Crippen LogP contribution in [0.15, 0.2) is 64.4 Å². The van der Waals surface area contributed by atoms with Crippen molar-refractivity contribution in [2.24, 2.45) is 0 Å². The molecule has 2 aromatic rings. The maximum absolute atomic E-state index is 12.2. The van der Waals surface area contributed by atoms with E-state index in [-0.39, 0.29) is 6.08 Å². The van der Waals surface area contributed by atoms with Crippen molar-refractivity contribution in [3.63, 3.8) is 0 Å². The normalized spacial score (nSPS) is 12.0. The van der Waals surface area contributed by atoms with Crippen LogP contribution in [-0.2, 0) is 0 Å². The van der Waals surface area contributed by atoms with Crippen molar-refractivity contribution < 1.29 is 13.2 Å². The lowest BCUT2D eigenvalue weighted by Crippen LogP contribution is -2.00. The molecule has 0 heterocycles. The summed E-state index contributed by atoms with van der Waals surface area (Å²) in [5.41, 5.74) is 0.532. The summed E-state index contributed by atoms with van der Waals surface area (Å²) in [6.07, 6.45) is -2.98. The van der Waals surface area contributed by atoms with Gasteiger partial charge in [-0.2, -0.15) is 13.2 Å². The van der Waals surface area contributed by atoms with Gasteiger partial charge in [0.05, 0.1) is 0 Å². The fourth-order valence-corrected chi connectivity index (χ4v) is 2.58. The van der Waals surface area contributed by atoms with E-state index in [0.717, 1.165) is 15.9 Å². The Balaban J connectivity index is 2.24. The summed E-state index contributed by atoms with van der Waals surface area (Å²) >= 11 is 7.20. The molecule has 0 aliphatic heterocycles. The molecule has 2 rings (SSSR count). The van der Waals surface area contributed by atoms with Crippen molar-refractivity contribution >= 4 is 29.4 Å². The topological polar surface area (TPSA) is 0 Å². The van der Waals surface area contributed by atoms with E-state index in [4.69, 9.17) is 11.6 Å². The van der Waals surface area contributed by atoms with Crippen LogP contribution >= 0.6 is 23.4 Å². The monoisotopic (exact) mass is 314 g/mol. The molecule has 20 heavy (non-hydrogen) atoms. The van der Waals surface area contributed by atoms with Gasteiger partial charge in [-0.1, -0.05) is 41.6 Å². The van der Waals surface area contributed by atoms with E-state index in [1.54, 1.807) is 36.4 Å². The predicted octanol–water partition coefficient (Wildman–Crippen LogP) is 6.07. The van der Waals surface area contributed by atoms with Crippen LogP contribution in [0, 0.1) is 0 Å². The fraction of sp³-hybridized carbons (Fsp3) is 0.0667. The van der Waals surface area contributed by atoms with Crippen LogP contribution in [0.1, 0.15) is 5.56 Å². The minimum absolute atomic E-state index is 0.244. The van der Waals surface area contributed by atoms with Gasteiger partial charge in [0.1, 0.15) is 0 Å². The first kappa shape index (κ1) is 15.0. The van der Waals surface area contributed by atoms with Gasteiger partial charge in [-0.25, -0.2) is 0 Å². The molecule has 0 unspecified atom stereocenters. The highest BCUT2D eigenvalue weighted by Gasteiger charge is 2.22. The third-order valence-electron chi connectivity index (χ3n) is 2.41. The molecule has 0 nitrogen and oxygen atoms in total. The molecule has 2 aromatic carbocycles. The van der Waals surface area contributed by atoms with Gasteiger partial charge >= 0.3 is 6.18 Å². The Morgan fingerprint density at radius 3 is 2.25 bits per heavy atom. The number of alkyl halides is 3. The van der Waals surface area contributed by atoms with Gasteiger partial charge in [0.25, 0.3) is 0 Å². The zero-order valence-corrected chi connectivity index (χ0v) is 11.8. The first-order valence-corrected chi connectivity index (χ1v) is 6.92. The summed E-state index contributed by atoms with van der Waals surface area (Å²) in [7, 11) is 0. The highest BCUT2D eigenvalue weighted by Crippen LogP contribution is 2.32. The Labute approximate surface area is 124 Å². The van der Waals surface area contributed by atoms with Crippen LogP contribution in [-0.4, -0.2) is 6.18 Å². The molecule has 0 bridgehead atoms. The molecular weight excluding hydrogens is 305 g/mol. The van der Waals surface area contributed by atoms with E-state index in [2.05, 4.69) is 0 Å². The maximum atomic E-state index is 12.2. The lowest BCUT2D eigenvalue weighted by molar-refractivity contribution is -0.0790. The molecule has 0 radical (unpaired) electrons. The number of rotatable bonds is 3. The van der Waals surface area contributed by atoms with Crippen LogP contribution in [0.3, 0.4) is 0 Å². The lowest BCUT2D eigenvalue weighted by Gasteiger charge is -2.06. The van der Waals surface area contributed by atoms with E-state index < -0.39 is 6.18 Å². The second kappa shape index (κ2) is 6.37. The standard InChI is InChI=1S/C15H10ClF3S/c16-12-5-7-13(8-6-12)20-14-4-2-1-3-11(14)9-10-15(17,18)19/h1-10H/b10-9+. The first-order chi connectivity index (χ1) is 9.44. The smallest absolute Gasteiger partial charge is 0.167 e. The van der Waals surface area contributed by atoms with E-state index >= 15 is 0 Å². The molecule has 0 atom stereocenters. The number of halogens is 4. The van der Waals surface area contributed by atoms with Crippen molar-refractivity contribution in [3.8, 4) is 0 Å². The van der Waals surface area contributed by atoms with Crippen LogP contribution in [0.4, 0.5) is 13.2 Å². The summed E-state index contributed by atoms with van der Waals surface area (Å²) in [5, 5.41) is 0.625. The highest BCUT2D eigenvalue weighted by molar-refractivity contribution is 7.99. The quantitative estimate of drug-likeness (QED) is 0.663. The number of hydrogen-bond donors (Lipinski definition) is 0. The summed E-state index contributed by atoms with van der Waals surface area (Å²) in [5.74, 6) is 0. The minimum Gasteiger partial charge on any atom is -0.167 e. The zero-order chi connectivity index (χ0) is 14.6. The third kappa shape index (κ3) is 4.62. The van der Waals surface area contributed by atoms with Crippen molar-refractivity contribution in [1.82, 2.24) is 0 Å². The van der Waals surface area contributed by atoms with Gasteiger partial charge in [0.15, 0.2) is 0 Å². The molecule has 0 aliphatic rings. The molecule has 0 amide bonds. The van der Waals surface area contributed by atoms with Crippen LogP contribution < -0.4 is 0 Å². The Bertz CT molecular complexity index is 603. The molecule has 0 aromatic heterocycles. The van der Waals surface area contributed by atoms with Gasteiger partial charge in [0, 0.05) is 20.9 Å². The lowest BCUT2D eigenvalue weighted by atomic mass is 10.2. The molecule has 0 spiro atoms. The number of benzene rings is 2. The van der Waals surface area contributed by atoms with Gasteiger partial charge in [-0.3, -0.25) is 0 Å². The zero-order valence-electron chi connectivity index (χ0n) is 10.2. The summed E-state index contributed by atoms with van der Waals surface area (Å²) in [6, 6.07) is 14.1. The molecular formula is C15H10ClF3S. The molecule has 0 fully saturated rings. The van der Waals surface area contributed by atoms with Crippen LogP contribution in [0.5, 0.6) is 0 Å². The summed E-state index contributed by atoms with van der Waals surface area (Å²) in [6.45, 7) is 0. The average Bonchev–Trinajstić information content (AvgIpc) is 2.39. The van der Waals surface area contributed by atoms with Gasteiger partial charge < -0.3 is 0 Å². The number of hydrogen-bond acceptors (Lipinski definition) is 1. The molecule has 0 saturated carbocycles. The molecule has 104 valence electrons. The molecule has 0 N–H and O–H groups in total. The second-order valence-electron chi connectivity index (χ2n) is 3.97. The Morgan fingerprint density at radius 2 is 1.60 bits per heavy atom. The van der Waals surface area contributed by atoms with Crippen LogP contribution in [0.2, 0.25) is 5.02 Å².